The lowest BCUT2D eigenvalue weighted by atomic mass is 10.0. The number of nitrogens with one attached hydrogen (secondary N) is 1. The molecule has 0 unspecified atom stereocenters. The monoisotopic (exact) mass is 461 g/mol. The minimum atomic E-state index is -0.261. The molecular formula is C30H27N3O2. The molecule has 1 amide bonds. The molecule has 5 heteroatoms. The quantitative estimate of drug-likeness (QED) is 0.215. The lowest BCUT2D eigenvalue weighted by Crippen LogP contribution is -2.17. The van der Waals surface area contributed by atoms with Gasteiger partial charge in [0.05, 0.1) is 12.8 Å². The highest BCUT2D eigenvalue weighted by molar-refractivity contribution is 6.00. The first-order valence-corrected chi connectivity index (χ1v) is 11.8. The summed E-state index contributed by atoms with van der Waals surface area (Å²) in [5, 5.41) is 7.81. The van der Waals surface area contributed by atoms with Crippen LogP contribution in [-0.4, -0.2) is 23.3 Å². The van der Waals surface area contributed by atoms with Crippen molar-refractivity contribution in [3.63, 3.8) is 0 Å². The first-order chi connectivity index (χ1) is 17.2. The number of carbonyl (C=O) groups excluding carboxylic acids is 1. The SMILES string of the molecule is CCCOc1ccc(C(=O)N/N=C\c2cn(Cc3cccc4ccccc34)c3ccccc23)cc1. The molecule has 5 nitrogen and oxygen atoms in total. The van der Waals surface area contributed by atoms with Crippen LogP contribution in [0.1, 0.15) is 34.8 Å². The molecule has 0 fully saturated rings. The van der Waals surface area contributed by atoms with Gasteiger partial charge in [0, 0.05) is 34.8 Å². The maximum absolute atomic E-state index is 12.5. The zero-order chi connectivity index (χ0) is 24.0. The first-order valence-electron chi connectivity index (χ1n) is 11.8. The van der Waals surface area contributed by atoms with E-state index in [9.17, 15) is 4.79 Å². The highest BCUT2D eigenvalue weighted by Crippen LogP contribution is 2.24. The topological polar surface area (TPSA) is 55.6 Å². The lowest BCUT2D eigenvalue weighted by molar-refractivity contribution is 0.0955. The van der Waals surface area contributed by atoms with Crippen molar-refractivity contribution in [3.8, 4) is 5.75 Å². The van der Waals surface area contributed by atoms with E-state index in [2.05, 4.69) is 82.8 Å². The van der Waals surface area contributed by atoms with E-state index in [1.165, 1.54) is 16.3 Å². The lowest BCUT2D eigenvalue weighted by Gasteiger charge is -2.09. The number of amides is 1. The number of ether oxygens (including phenoxy) is 1. The molecule has 0 radical (unpaired) electrons. The van der Waals surface area contributed by atoms with Crippen molar-refractivity contribution in [2.45, 2.75) is 19.9 Å². The first kappa shape index (κ1) is 22.4. The molecule has 0 spiro atoms. The zero-order valence-electron chi connectivity index (χ0n) is 19.6. The van der Waals surface area contributed by atoms with Crippen LogP contribution < -0.4 is 10.2 Å². The standard InChI is InChI=1S/C30H27N3O2/c1-2-18-35-26-16-14-23(15-17-26)30(34)32-31-19-25-21-33(29-13-6-5-12-28(25)29)20-24-10-7-9-22-8-3-4-11-27(22)24/h3-17,19,21H,2,18,20H2,1H3,(H,32,34)/b31-19-. The van der Waals surface area contributed by atoms with Gasteiger partial charge in [-0.15, -0.1) is 0 Å². The summed E-state index contributed by atoms with van der Waals surface area (Å²) in [6.45, 7) is 3.46. The van der Waals surface area contributed by atoms with E-state index >= 15 is 0 Å². The van der Waals surface area contributed by atoms with Gasteiger partial charge < -0.3 is 9.30 Å². The Morgan fingerprint density at radius 3 is 2.49 bits per heavy atom. The third kappa shape index (κ3) is 4.94. The molecular weight excluding hydrogens is 434 g/mol. The summed E-state index contributed by atoms with van der Waals surface area (Å²) in [5.41, 5.74) is 6.50. The fourth-order valence-corrected chi connectivity index (χ4v) is 4.27. The van der Waals surface area contributed by atoms with Crippen LogP contribution in [0.4, 0.5) is 0 Å². The Hall–Kier alpha value is -4.38. The third-order valence-corrected chi connectivity index (χ3v) is 6.00. The molecule has 1 heterocycles. The van der Waals surface area contributed by atoms with Crippen molar-refractivity contribution in [2.75, 3.05) is 6.61 Å². The van der Waals surface area contributed by atoms with Gasteiger partial charge in [0.25, 0.3) is 5.91 Å². The number of hydrogen-bond acceptors (Lipinski definition) is 3. The van der Waals surface area contributed by atoms with E-state index < -0.39 is 0 Å². The molecule has 5 aromatic rings. The van der Waals surface area contributed by atoms with Crippen LogP contribution in [0.25, 0.3) is 21.7 Å². The van der Waals surface area contributed by atoms with Crippen molar-refractivity contribution in [2.24, 2.45) is 5.10 Å². The summed E-state index contributed by atoms with van der Waals surface area (Å²) in [6.07, 6.45) is 4.73. The largest absolute Gasteiger partial charge is 0.494 e. The average molecular weight is 462 g/mol. The minimum Gasteiger partial charge on any atom is -0.494 e. The van der Waals surface area contributed by atoms with E-state index in [-0.39, 0.29) is 5.91 Å². The number of fused-ring (bicyclic) bond motifs is 2. The highest BCUT2D eigenvalue weighted by atomic mass is 16.5. The van der Waals surface area contributed by atoms with Gasteiger partial charge in [-0.05, 0) is 53.1 Å². The smallest absolute Gasteiger partial charge is 0.271 e. The van der Waals surface area contributed by atoms with Crippen LogP contribution >= 0.6 is 0 Å². The normalized spacial score (nSPS) is 11.3. The predicted octanol–water partition coefficient (Wildman–Crippen LogP) is 6.40. The fourth-order valence-electron chi connectivity index (χ4n) is 4.27. The summed E-state index contributed by atoms with van der Waals surface area (Å²) in [4.78, 5) is 12.5. The van der Waals surface area contributed by atoms with E-state index in [0.717, 1.165) is 35.2 Å². The number of hydrazone groups is 1. The van der Waals surface area contributed by atoms with Crippen LogP contribution in [0, 0.1) is 0 Å². The van der Waals surface area contributed by atoms with Crippen LogP contribution in [0.5, 0.6) is 5.75 Å². The van der Waals surface area contributed by atoms with Gasteiger partial charge in [-0.25, -0.2) is 5.43 Å². The second-order valence-corrected chi connectivity index (χ2v) is 8.44. The Morgan fingerprint density at radius 1 is 0.914 bits per heavy atom. The Labute approximate surface area is 204 Å². The molecule has 0 aliphatic heterocycles. The summed E-state index contributed by atoms with van der Waals surface area (Å²) >= 11 is 0. The molecule has 35 heavy (non-hydrogen) atoms. The number of rotatable bonds is 8. The van der Waals surface area contributed by atoms with Crippen molar-refractivity contribution < 1.29 is 9.53 Å². The van der Waals surface area contributed by atoms with Gasteiger partial charge in [-0.3, -0.25) is 4.79 Å². The van der Waals surface area contributed by atoms with Crippen LogP contribution in [0.2, 0.25) is 0 Å². The van der Waals surface area contributed by atoms with Crippen LogP contribution in [0.15, 0.2) is 102 Å². The maximum atomic E-state index is 12.5. The van der Waals surface area contributed by atoms with Gasteiger partial charge in [-0.2, -0.15) is 5.10 Å². The summed E-state index contributed by atoms with van der Waals surface area (Å²) < 4.78 is 7.81. The number of nitrogens with zero attached hydrogens (tertiary/aromatic N) is 2. The fraction of sp³-hybridized carbons (Fsp3) is 0.133. The summed E-state index contributed by atoms with van der Waals surface area (Å²) in [7, 11) is 0. The predicted molar refractivity (Wildman–Crippen MR) is 142 cm³/mol. The van der Waals surface area contributed by atoms with Crippen LogP contribution in [0.3, 0.4) is 0 Å². The molecule has 0 bridgehead atoms. The van der Waals surface area contributed by atoms with Gasteiger partial charge in [0.15, 0.2) is 0 Å². The Bertz CT molecular complexity index is 1490. The molecule has 4 aromatic carbocycles. The molecule has 1 N–H and O–H groups in total. The molecule has 174 valence electrons. The molecule has 1 aromatic heterocycles. The maximum Gasteiger partial charge on any atom is 0.271 e. The molecule has 0 aliphatic rings. The average Bonchev–Trinajstić information content (AvgIpc) is 3.25. The number of benzene rings is 4. The van der Waals surface area contributed by atoms with E-state index in [4.69, 9.17) is 4.74 Å². The van der Waals surface area contributed by atoms with Crippen molar-refractivity contribution in [1.82, 2.24) is 9.99 Å². The molecule has 0 saturated carbocycles. The second-order valence-electron chi connectivity index (χ2n) is 8.44. The van der Waals surface area contributed by atoms with Gasteiger partial charge in [0.2, 0.25) is 0 Å². The molecule has 0 saturated heterocycles. The van der Waals surface area contributed by atoms with Crippen LogP contribution in [-0.2, 0) is 6.54 Å². The van der Waals surface area contributed by atoms with Gasteiger partial charge in [0.1, 0.15) is 5.75 Å². The molecule has 5 rings (SSSR count). The Kier molecular flexibility index (Phi) is 6.57. The minimum absolute atomic E-state index is 0.261. The number of hydrogen-bond donors (Lipinski definition) is 1. The number of carbonyl (C=O) groups is 1. The van der Waals surface area contributed by atoms with Crippen molar-refractivity contribution in [1.29, 1.82) is 0 Å². The summed E-state index contributed by atoms with van der Waals surface area (Å²) in [5.74, 6) is 0.494. The van der Waals surface area contributed by atoms with E-state index in [1.54, 1.807) is 30.5 Å². The molecule has 0 atom stereocenters. The Morgan fingerprint density at radius 2 is 1.66 bits per heavy atom. The third-order valence-electron chi connectivity index (χ3n) is 6.00. The molecule has 0 aliphatic carbocycles. The summed E-state index contributed by atoms with van der Waals surface area (Å²) in [6, 6.07) is 30.2. The van der Waals surface area contributed by atoms with E-state index in [1.807, 2.05) is 12.1 Å². The van der Waals surface area contributed by atoms with Gasteiger partial charge >= 0.3 is 0 Å². The number of aromatic nitrogens is 1. The van der Waals surface area contributed by atoms with E-state index in [0.29, 0.717) is 12.2 Å². The Balaban J connectivity index is 1.35. The number of para-hydroxylation sites is 1. The highest BCUT2D eigenvalue weighted by Gasteiger charge is 2.09. The second kappa shape index (κ2) is 10.3. The zero-order valence-corrected chi connectivity index (χ0v) is 19.6. The van der Waals surface area contributed by atoms with Crippen molar-refractivity contribution in [3.05, 3.63) is 114 Å². The van der Waals surface area contributed by atoms with Gasteiger partial charge in [-0.1, -0.05) is 67.6 Å². The van der Waals surface area contributed by atoms with Crippen molar-refractivity contribution >= 4 is 33.8 Å².